The van der Waals surface area contributed by atoms with Crippen LogP contribution in [0.1, 0.15) is 18.9 Å². The highest BCUT2D eigenvalue weighted by molar-refractivity contribution is 5.98. The van der Waals surface area contributed by atoms with Crippen molar-refractivity contribution in [1.82, 2.24) is 0 Å². The molecule has 0 radical (unpaired) electrons. The molecule has 0 saturated heterocycles. The normalized spacial score (nSPS) is 13.9. The largest absolute Gasteiger partial charge is 0.481 e. The van der Waals surface area contributed by atoms with Gasteiger partial charge in [0.15, 0.2) is 6.10 Å². The lowest BCUT2D eigenvalue weighted by molar-refractivity contribution is -0.125. The van der Waals surface area contributed by atoms with Crippen LogP contribution in [0.4, 0.5) is 5.69 Å². The molecule has 136 valence electrons. The third-order valence-electron chi connectivity index (χ3n) is 5.04. The Labute approximate surface area is 160 Å². The van der Waals surface area contributed by atoms with Crippen LogP contribution in [0.2, 0.25) is 0 Å². The molecule has 3 aromatic rings. The molecular formula is C24H23NO2. The minimum Gasteiger partial charge on any atom is -0.481 e. The molecule has 3 nitrogen and oxygen atoms in total. The van der Waals surface area contributed by atoms with E-state index in [1.807, 2.05) is 72.5 Å². The number of ether oxygens (including phenoxy) is 1. The zero-order chi connectivity index (χ0) is 18.6. The van der Waals surface area contributed by atoms with Crippen LogP contribution in [0.15, 0.2) is 78.9 Å². The number of carbonyl (C=O) groups is 1. The topological polar surface area (TPSA) is 29.5 Å². The number of hydrogen-bond acceptors (Lipinski definition) is 2. The molecule has 3 heteroatoms. The number of carbonyl (C=O) groups excluding carboxylic acids is 1. The molecule has 0 spiro atoms. The van der Waals surface area contributed by atoms with Crippen LogP contribution in [0.3, 0.4) is 0 Å². The van der Waals surface area contributed by atoms with Gasteiger partial charge in [0.25, 0.3) is 5.91 Å². The Balaban J connectivity index is 1.48. The molecule has 0 aromatic heterocycles. The number of amides is 1. The van der Waals surface area contributed by atoms with E-state index in [4.69, 9.17) is 4.74 Å². The maximum atomic E-state index is 13.0. The Morgan fingerprint density at radius 3 is 2.33 bits per heavy atom. The first kappa shape index (κ1) is 17.3. The predicted octanol–water partition coefficient (Wildman–Crippen LogP) is 5.10. The minimum absolute atomic E-state index is 0.0367. The Hall–Kier alpha value is -3.07. The van der Waals surface area contributed by atoms with E-state index in [9.17, 15) is 4.79 Å². The average Bonchev–Trinajstić information content (AvgIpc) is 3.17. The highest BCUT2D eigenvalue weighted by atomic mass is 16.5. The fourth-order valence-electron chi connectivity index (χ4n) is 3.57. The van der Waals surface area contributed by atoms with Gasteiger partial charge in [-0.2, -0.15) is 0 Å². The van der Waals surface area contributed by atoms with Crippen molar-refractivity contribution in [2.24, 2.45) is 0 Å². The van der Waals surface area contributed by atoms with Crippen molar-refractivity contribution in [3.05, 3.63) is 84.4 Å². The van der Waals surface area contributed by atoms with Crippen LogP contribution in [0, 0.1) is 0 Å². The number of para-hydroxylation sites is 1. The molecule has 1 atom stereocenters. The molecule has 1 aliphatic rings. The SMILES string of the molecule is CCC(Oc1ccc(-c2ccccc2)cc1)C(=O)N1CCc2ccccc21. The summed E-state index contributed by atoms with van der Waals surface area (Å²) in [6.07, 6.45) is 1.07. The van der Waals surface area contributed by atoms with E-state index in [1.165, 1.54) is 11.1 Å². The number of rotatable bonds is 5. The average molecular weight is 357 g/mol. The van der Waals surface area contributed by atoms with Gasteiger partial charge in [-0.3, -0.25) is 4.79 Å². The number of hydrogen-bond donors (Lipinski definition) is 0. The summed E-state index contributed by atoms with van der Waals surface area (Å²) in [5, 5.41) is 0. The van der Waals surface area contributed by atoms with Gasteiger partial charge in [0.05, 0.1) is 0 Å². The summed E-state index contributed by atoms with van der Waals surface area (Å²) in [5.74, 6) is 0.761. The zero-order valence-electron chi connectivity index (χ0n) is 15.5. The zero-order valence-corrected chi connectivity index (χ0v) is 15.5. The van der Waals surface area contributed by atoms with Crippen LogP contribution >= 0.6 is 0 Å². The van der Waals surface area contributed by atoms with E-state index < -0.39 is 6.10 Å². The van der Waals surface area contributed by atoms with Crippen molar-refractivity contribution in [2.45, 2.75) is 25.9 Å². The Kier molecular flexibility index (Phi) is 4.93. The van der Waals surface area contributed by atoms with Crippen molar-refractivity contribution < 1.29 is 9.53 Å². The summed E-state index contributed by atoms with van der Waals surface area (Å²) in [5.41, 5.74) is 4.55. The van der Waals surface area contributed by atoms with E-state index >= 15 is 0 Å². The molecule has 3 aromatic carbocycles. The van der Waals surface area contributed by atoms with Crippen LogP contribution in [-0.4, -0.2) is 18.6 Å². The summed E-state index contributed by atoms with van der Waals surface area (Å²) in [6.45, 7) is 2.72. The molecule has 4 rings (SSSR count). The summed E-state index contributed by atoms with van der Waals surface area (Å²) in [6, 6.07) is 26.3. The quantitative estimate of drug-likeness (QED) is 0.636. The summed E-state index contributed by atoms with van der Waals surface area (Å²) >= 11 is 0. The van der Waals surface area contributed by atoms with E-state index in [1.54, 1.807) is 0 Å². The Morgan fingerprint density at radius 1 is 0.926 bits per heavy atom. The van der Waals surface area contributed by atoms with Crippen molar-refractivity contribution in [1.29, 1.82) is 0 Å². The maximum absolute atomic E-state index is 13.0. The summed E-state index contributed by atoms with van der Waals surface area (Å²) in [4.78, 5) is 14.9. The maximum Gasteiger partial charge on any atom is 0.268 e. The molecule has 1 amide bonds. The Bertz CT molecular complexity index is 919. The predicted molar refractivity (Wildman–Crippen MR) is 109 cm³/mol. The van der Waals surface area contributed by atoms with Crippen LogP contribution in [-0.2, 0) is 11.2 Å². The molecular weight excluding hydrogens is 334 g/mol. The number of anilines is 1. The number of nitrogens with zero attached hydrogens (tertiary/aromatic N) is 1. The standard InChI is InChI=1S/C24H23NO2/c1-2-23(24(26)25-17-16-20-10-6-7-11-22(20)25)27-21-14-12-19(13-15-21)18-8-4-3-5-9-18/h3-15,23H,2,16-17H2,1H3. The third kappa shape index (κ3) is 3.59. The number of fused-ring (bicyclic) bond motifs is 1. The molecule has 0 aliphatic carbocycles. The first-order chi connectivity index (χ1) is 13.3. The molecule has 1 aliphatic heterocycles. The molecule has 27 heavy (non-hydrogen) atoms. The van der Waals surface area contributed by atoms with E-state index in [2.05, 4.69) is 18.2 Å². The van der Waals surface area contributed by atoms with Crippen molar-refractivity contribution in [3.8, 4) is 16.9 Å². The summed E-state index contributed by atoms with van der Waals surface area (Å²) in [7, 11) is 0. The smallest absolute Gasteiger partial charge is 0.268 e. The molecule has 0 saturated carbocycles. The molecule has 0 N–H and O–H groups in total. The first-order valence-corrected chi connectivity index (χ1v) is 9.47. The lowest BCUT2D eigenvalue weighted by atomic mass is 10.1. The van der Waals surface area contributed by atoms with E-state index in [0.717, 1.165) is 30.0 Å². The minimum atomic E-state index is -0.473. The van der Waals surface area contributed by atoms with Gasteiger partial charge in [-0.1, -0.05) is 67.6 Å². The first-order valence-electron chi connectivity index (χ1n) is 9.47. The van der Waals surface area contributed by atoms with E-state index in [0.29, 0.717) is 6.42 Å². The van der Waals surface area contributed by atoms with Gasteiger partial charge in [-0.25, -0.2) is 0 Å². The second-order valence-electron chi connectivity index (χ2n) is 6.77. The van der Waals surface area contributed by atoms with Crippen LogP contribution < -0.4 is 9.64 Å². The second kappa shape index (κ2) is 7.67. The van der Waals surface area contributed by atoms with E-state index in [-0.39, 0.29) is 5.91 Å². The fourth-order valence-corrected chi connectivity index (χ4v) is 3.57. The summed E-state index contributed by atoms with van der Waals surface area (Å²) < 4.78 is 6.05. The highest BCUT2D eigenvalue weighted by Gasteiger charge is 2.30. The highest BCUT2D eigenvalue weighted by Crippen LogP contribution is 2.29. The van der Waals surface area contributed by atoms with Crippen molar-refractivity contribution >= 4 is 11.6 Å². The van der Waals surface area contributed by atoms with Gasteiger partial charge in [0.2, 0.25) is 0 Å². The molecule has 1 heterocycles. The number of benzene rings is 3. The van der Waals surface area contributed by atoms with Gasteiger partial charge in [-0.05, 0) is 47.7 Å². The monoisotopic (exact) mass is 357 g/mol. The molecule has 1 unspecified atom stereocenters. The lowest BCUT2D eigenvalue weighted by Gasteiger charge is -2.24. The third-order valence-corrected chi connectivity index (χ3v) is 5.04. The molecule has 0 bridgehead atoms. The van der Waals surface area contributed by atoms with Gasteiger partial charge in [0, 0.05) is 12.2 Å². The van der Waals surface area contributed by atoms with Crippen molar-refractivity contribution in [2.75, 3.05) is 11.4 Å². The van der Waals surface area contributed by atoms with Crippen LogP contribution in [0.5, 0.6) is 5.75 Å². The molecule has 0 fully saturated rings. The van der Waals surface area contributed by atoms with Crippen LogP contribution in [0.25, 0.3) is 11.1 Å². The fraction of sp³-hybridized carbons (Fsp3) is 0.208. The van der Waals surface area contributed by atoms with Gasteiger partial charge in [-0.15, -0.1) is 0 Å². The van der Waals surface area contributed by atoms with Gasteiger partial charge in [0.1, 0.15) is 5.75 Å². The van der Waals surface area contributed by atoms with Crippen molar-refractivity contribution in [3.63, 3.8) is 0 Å². The Morgan fingerprint density at radius 2 is 1.59 bits per heavy atom. The second-order valence-corrected chi connectivity index (χ2v) is 6.77. The van der Waals surface area contributed by atoms with Gasteiger partial charge >= 0.3 is 0 Å². The van der Waals surface area contributed by atoms with Gasteiger partial charge < -0.3 is 9.64 Å². The lowest BCUT2D eigenvalue weighted by Crippen LogP contribution is -2.41.